The van der Waals surface area contributed by atoms with Gasteiger partial charge in [0.05, 0.1) is 10.6 Å². The maximum absolute atomic E-state index is 11.9. The van der Waals surface area contributed by atoms with Crippen LogP contribution >= 0.6 is 11.3 Å². The Bertz CT molecular complexity index is 722. The van der Waals surface area contributed by atoms with Crippen LogP contribution in [0.4, 0.5) is 11.4 Å². The lowest BCUT2D eigenvalue weighted by molar-refractivity contribution is 0.103. The fourth-order valence-electron chi connectivity index (χ4n) is 1.44. The summed E-state index contributed by atoms with van der Waals surface area (Å²) in [5.41, 5.74) is 6.35. The highest BCUT2D eigenvalue weighted by atomic mass is 32.2. The number of primary sulfonamides is 1. The van der Waals surface area contributed by atoms with Gasteiger partial charge in [0, 0.05) is 5.69 Å². The first-order valence-corrected chi connectivity index (χ1v) is 7.58. The normalized spacial score (nSPS) is 11.2. The van der Waals surface area contributed by atoms with Crippen molar-refractivity contribution in [3.63, 3.8) is 0 Å². The van der Waals surface area contributed by atoms with Gasteiger partial charge >= 0.3 is 0 Å². The van der Waals surface area contributed by atoms with Crippen LogP contribution in [0.2, 0.25) is 0 Å². The van der Waals surface area contributed by atoms with E-state index in [1.165, 1.54) is 29.5 Å². The molecule has 8 heteroatoms. The van der Waals surface area contributed by atoms with E-state index in [1.807, 2.05) is 0 Å². The fourth-order valence-corrected chi connectivity index (χ4v) is 2.71. The van der Waals surface area contributed by atoms with Crippen LogP contribution in [0.1, 0.15) is 9.67 Å². The lowest BCUT2D eigenvalue weighted by Gasteiger charge is -2.06. The van der Waals surface area contributed by atoms with Gasteiger partial charge in [-0.3, -0.25) is 4.79 Å². The molecule has 0 saturated heterocycles. The highest BCUT2D eigenvalue weighted by Crippen LogP contribution is 2.21. The summed E-state index contributed by atoms with van der Waals surface area (Å²) in [6.07, 6.45) is 0. The van der Waals surface area contributed by atoms with Crippen LogP contribution in [0.15, 0.2) is 40.6 Å². The summed E-state index contributed by atoms with van der Waals surface area (Å²) in [6, 6.07) is 7.32. The van der Waals surface area contributed by atoms with Crippen molar-refractivity contribution < 1.29 is 13.2 Å². The summed E-state index contributed by atoms with van der Waals surface area (Å²) in [6.45, 7) is 0. The quantitative estimate of drug-likeness (QED) is 0.790. The minimum Gasteiger partial charge on any atom is -0.397 e. The molecule has 1 aromatic carbocycles. The summed E-state index contributed by atoms with van der Waals surface area (Å²) in [4.78, 5) is 12.2. The van der Waals surface area contributed by atoms with Gasteiger partial charge in [-0.05, 0) is 29.6 Å². The number of amides is 1. The Hall–Kier alpha value is -1.90. The molecule has 1 amide bonds. The van der Waals surface area contributed by atoms with E-state index < -0.39 is 10.0 Å². The second-order valence-electron chi connectivity index (χ2n) is 3.73. The molecule has 2 aromatic rings. The molecule has 5 N–H and O–H groups in total. The average molecular weight is 297 g/mol. The molecule has 0 bridgehead atoms. The number of rotatable bonds is 3. The number of hydrogen-bond acceptors (Lipinski definition) is 5. The number of anilines is 2. The molecule has 1 aromatic heterocycles. The Kier molecular flexibility index (Phi) is 3.56. The number of nitrogens with two attached hydrogens (primary N) is 2. The number of nitrogens with one attached hydrogen (secondary N) is 1. The number of hydrogen-bond donors (Lipinski definition) is 3. The monoisotopic (exact) mass is 297 g/mol. The minimum atomic E-state index is -3.80. The van der Waals surface area contributed by atoms with Crippen molar-refractivity contribution in [2.24, 2.45) is 5.14 Å². The van der Waals surface area contributed by atoms with Crippen molar-refractivity contribution in [2.75, 3.05) is 11.1 Å². The van der Waals surface area contributed by atoms with Crippen LogP contribution < -0.4 is 16.2 Å². The molecular weight excluding hydrogens is 286 g/mol. The molecule has 1 heterocycles. The number of carbonyl (C=O) groups excluding carboxylic acids is 1. The van der Waals surface area contributed by atoms with Crippen LogP contribution in [0, 0.1) is 0 Å². The number of benzene rings is 1. The first-order valence-electron chi connectivity index (χ1n) is 5.15. The Labute approximate surface area is 114 Å². The molecule has 6 nitrogen and oxygen atoms in total. The molecule has 19 heavy (non-hydrogen) atoms. The Morgan fingerprint density at radius 1 is 1.26 bits per heavy atom. The van der Waals surface area contributed by atoms with E-state index in [4.69, 9.17) is 10.9 Å². The second-order valence-corrected chi connectivity index (χ2v) is 6.21. The van der Waals surface area contributed by atoms with E-state index in [2.05, 4.69) is 5.32 Å². The van der Waals surface area contributed by atoms with Gasteiger partial charge < -0.3 is 11.1 Å². The SMILES string of the molecule is Nc1ccsc1C(=O)Nc1cccc(S(N)(=O)=O)c1. The standard InChI is InChI=1S/C11H11N3O3S2/c12-9-4-5-18-10(9)11(15)14-7-2-1-3-8(6-7)19(13,16)17/h1-6H,12H2,(H,14,15)(H2,13,16,17). The third kappa shape index (κ3) is 3.11. The van der Waals surface area contributed by atoms with E-state index in [-0.39, 0.29) is 10.8 Å². The highest BCUT2D eigenvalue weighted by Gasteiger charge is 2.13. The van der Waals surface area contributed by atoms with E-state index in [0.717, 1.165) is 0 Å². The third-order valence-corrected chi connectivity index (χ3v) is 4.16. The topological polar surface area (TPSA) is 115 Å². The van der Waals surface area contributed by atoms with Gasteiger partial charge in [0.25, 0.3) is 5.91 Å². The molecule has 0 fully saturated rings. The van der Waals surface area contributed by atoms with Gasteiger partial charge in [-0.15, -0.1) is 11.3 Å². The number of thiophene rings is 1. The molecule has 0 aliphatic carbocycles. The van der Waals surface area contributed by atoms with Crippen LogP contribution in [0.5, 0.6) is 0 Å². The first kappa shape index (κ1) is 13.5. The lowest BCUT2D eigenvalue weighted by Crippen LogP contribution is -2.14. The number of sulfonamides is 1. The first-order chi connectivity index (χ1) is 8.88. The van der Waals surface area contributed by atoms with Crippen molar-refractivity contribution in [1.29, 1.82) is 0 Å². The molecule has 0 aliphatic heterocycles. The van der Waals surface area contributed by atoms with Crippen molar-refractivity contribution in [1.82, 2.24) is 0 Å². The zero-order valence-electron chi connectivity index (χ0n) is 9.66. The Balaban J connectivity index is 2.25. The van der Waals surface area contributed by atoms with Gasteiger partial charge in [-0.1, -0.05) is 6.07 Å². The van der Waals surface area contributed by atoms with Gasteiger partial charge in [0.1, 0.15) is 4.88 Å². The van der Waals surface area contributed by atoms with Crippen molar-refractivity contribution >= 4 is 38.6 Å². The lowest BCUT2D eigenvalue weighted by atomic mass is 10.3. The Morgan fingerprint density at radius 2 is 2.00 bits per heavy atom. The summed E-state index contributed by atoms with van der Waals surface area (Å²) in [5.74, 6) is -0.390. The highest BCUT2D eigenvalue weighted by molar-refractivity contribution is 7.89. The molecule has 0 radical (unpaired) electrons. The predicted molar refractivity (Wildman–Crippen MR) is 74.5 cm³/mol. The van der Waals surface area contributed by atoms with Crippen LogP contribution in [-0.4, -0.2) is 14.3 Å². The summed E-state index contributed by atoms with van der Waals surface area (Å²) < 4.78 is 22.4. The van der Waals surface area contributed by atoms with Crippen LogP contribution in [0.3, 0.4) is 0 Å². The summed E-state index contributed by atoms with van der Waals surface area (Å²) in [7, 11) is -3.80. The molecule has 0 unspecified atom stereocenters. The van der Waals surface area contributed by atoms with Crippen molar-refractivity contribution in [3.05, 3.63) is 40.6 Å². The van der Waals surface area contributed by atoms with Gasteiger partial charge in [0.2, 0.25) is 10.0 Å². The summed E-state index contributed by atoms with van der Waals surface area (Å²) in [5, 5.41) is 9.29. The number of nitrogen functional groups attached to an aromatic ring is 1. The third-order valence-electron chi connectivity index (χ3n) is 2.32. The maximum atomic E-state index is 11.9. The van der Waals surface area contributed by atoms with E-state index >= 15 is 0 Å². The maximum Gasteiger partial charge on any atom is 0.267 e. The smallest absolute Gasteiger partial charge is 0.267 e. The number of carbonyl (C=O) groups is 1. The van der Waals surface area contributed by atoms with E-state index in [1.54, 1.807) is 17.5 Å². The largest absolute Gasteiger partial charge is 0.397 e. The van der Waals surface area contributed by atoms with Crippen LogP contribution in [-0.2, 0) is 10.0 Å². The molecule has 2 rings (SSSR count). The average Bonchev–Trinajstić information content (AvgIpc) is 2.75. The van der Waals surface area contributed by atoms with Crippen molar-refractivity contribution in [3.8, 4) is 0 Å². The predicted octanol–water partition coefficient (Wildman–Crippen LogP) is 1.23. The van der Waals surface area contributed by atoms with Crippen LogP contribution in [0.25, 0.3) is 0 Å². The van der Waals surface area contributed by atoms with E-state index in [9.17, 15) is 13.2 Å². The van der Waals surface area contributed by atoms with Crippen molar-refractivity contribution in [2.45, 2.75) is 4.90 Å². The zero-order valence-corrected chi connectivity index (χ0v) is 11.3. The van der Waals surface area contributed by atoms with Gasteiger partial charge in [0.15, 0.2) is 0 Å². The fraction of sp³-hybridized carbons (Fsp3) is 0. The molecule has 100 valence electrons. The van der Waals surface area contributed by atoms with Gasteiger partial charge in [-0.25, -0.2) is 13.6 Å². The minimum absolute atomic E-state index is 0.0653. The molecule has 0 aliphatic rings. The van der Waals surface area contributed by atoms with Gasteiger partial charge in [-0.2, -0.15) is 0 Å². The summed E-state index contributed by atoms with van der Waals surface area (Å²) >= 11 is 1.21. The molecule has 0 saturated carbocycles. The molecular formula is C11H11N3O3S2. The second kappa shape index (κ2) is 5.00. The molecule has 0 atom stereocenters. The Morgan fingerprint density at radius 3 is 2.58 bits per heavy atom. The molecule has 0 spiro atoms. The zero-order chi connectivity index (χ0) is 14.0. The van der Waals surface area contributed by atoms with E-state index in [0.29, 0.717) is 16.3 Å².